The first kappa shape index (κ1) is 23.9. The summed E-state index contributed by atoms with van der Waals surface area (Å²) in [5.41, 5.74) is -0.304. The lowest BCUT2D eigenvalue weighted by Gasteiger charge is -2.26. The van der Waals surface area contributed by atoms with Crippen molar-refractivity contribution in [3.63, 3.8) is 0 Å². The van der Waals surface area contributed by atoms with E-state index in [4.69, 9.17) is 4.74 Å². The van der Waals surface area contributed by atoms with Gasteiger partial charge in [-0.15, -0.1) is 0 Å². The van der Waals surface area contributed by atoms with Crippen LogP contribution in [0, 0.1) is 0 Å². The number of rotatable bonds is 8. The highest BCUT2D eigenvalue weighted by Gasteiger charge is 2.35. The van der Waals surface area contributed by atoms with E-state index in [1.807, 2.05) is 0 Å². The van der Waals surface area contributed by atoms with Gasteiger partial charge in [0.2, 0.25) is 0 Å². The quantitative estimate of drug-likeness (QED) is 0.433. The fraction of sp³-hybridized carbons (Fsp3) is 0.545. The van der Waals surface area contributed by atoms with Crippen molar-refractivity contribution in [2.24, 2.45) is 0 Å². The van der Waals surface area contributed by atoms with Crippen LogP contribution in [0.25, 0.3) is 10.8 Å². The van der Waals surface area contributed by atoms with Crippen molar-refractivity contribution in [1.82, 2.24) is 14.7 Å². The van der Waals surface area contributed by atoms with Gasteiger partial charge in [0.15, 0.2) is 21.6 Å². The number of benzene rings is 1. The highest BCUT2D eigenvalue weighted by atomic mass is 32.2. The first-order valence-electron chi connectivity index (χ1n) is 10.8. The van der Waals surface area contributed by atoms with Crippen LogP contribution in [0.15, 0.2) is 29.1 Å². The molecule has 174 valence electrons. The second-order valence-electron chi connectivity index (χ2n) is 8.18. The minimum absolute atomic E-state index is 0.0255. The van der Waals surface area contributed by atoms with E-state index in [0.29, 0.717) is 23.7 Å². The summed E-state index contributed by atoms with van der Waals surface area (Å²) in [6.45, 7) is 3.88. The molecule has 2 heterocycles. The molecular formula is C22H29N3O6S. The number of amides is 1. The van der Waals surface area contributed by atoms with E-state index in [2.05, 4.69) is 12.0 Å². The Balaban J connectivity index is 1.82. The second-order valence-corrected chi connectivity index (χ2v) is 10.4. The molecule has 2 aromatic rings. The largest absolute Gasteiger partial charge is 0.448 e. The van der Waals surface area contributed by atoms with Crippen LogP contribution in [0.5, 0.6) is 0 Å². The van der Waals surface area contributed by atoms with Crippen molar-refractivity contribution >= 4 is 32.5 Å². The molecule has 0 N–H and O–H groups in total. The van der Waals surface area contributed by atoms with Gasteiger partial charge in [0.1, 0.15) is 0 Å². The molecule has 1 amide bonds. The zero-order valence-electron chi connectivity index (χ0n) is 18.6. The number of ether oxygens (including phenoxy) is 1. The second kappa shape index (κ2) is 9.81. The normalized spacial score (nSPS) is 18.4. The Morgan fingerprint density at radius 3 is 2.56 bits per heavy atom. The summed E-state index contributed by atoms with van der Waals surface area (Å²) in [6, 6.07) is 6.23. The van der Waals surface area contributed by atoms with Crippen LogP contribution in [-0.4, -0.2) is 65.7 Å². The van der Waals surface area contributed by atoms with E-state index in [9.17, 15) is 22.8 Å². The number of nitrogens with zero attached hydrogens (tertiary/aromatic N) is 3. The SMILES string of the molecule is CCCCCn1nc(C(=O)O[C@@H](C)C(=O)N(C)[C@@H]2CCS(=O)(=O)C2)c2ccccc2c1=O. The summed E-state index contributed by atoms with van der Waals surface area (Å²) in [7, 11) is -1.64. The number of hydrogen-bond donors (Lipinski definition) is 0. The zero-order chi connectivity index (χ0) is 23.5. The molecular weight excluding hydrogens is 434 g/mol. The maximum absolute atomic E-state index is 12.9. The lowest BCUT2D eigenvalue weighted by Crippen LogP contribution is -2.44. The van der Waals surface area contributed by atoms with Gasteiger partial charge in [-0.25, -0.2) is 17.9 Å². The number of esters is 1. The lowest BCUT2D eigenvalue weighted by atomic mass is 10.1. The van der Waals surface area contributed by atoms with Gasteiger partial charge in [0.25, 0.3) is 11.5 Å². The summed E-state index contributed by atoms with van der Waals surface area (Å²) < 4.78 is 30.1. The van der Waals surface area contributed by atoms with Crippen LogP contribution < -0.4 is 5.56 Å². The van der Waals surface area contributed by atoms with Crippen molar-refractivity contribution < 1.29 is 22.7 Å². The van der Waals surface area contributed by atoms with Crippen LogP contribution in [0.4, 0.5) is 0 Å². The highest BCUT2D eigenvalue weighted by Crippen LogP contribution is 2.19. The summed E-state index contributed by atoms with van der Waals surface area (Å²) >= 11 is 0. The maximum Gasteiger partial charge on any atom is 0.360 e. The lowest BCUT2D eigenvalue weighted by molar-refractivity contribution is -0.140. The van der Waals surface area contributed by atoms with E-state index in [-0.39, 0.29) is 22.8 Å². The number of unbranched alkanes of at least 4 members (excludes halogenated alkanes) is 2. The number of aromatic nitrogens is 2. The smallest absolute Gasteiger partial charge is 0.360 e. The third kappa shape index (κ3) is 5.17. The highest BCUT2D eigenvalue weighted by molar-refractivity contribution is 7.91. The molecule has 1 fully saturated rings. The molecule has 0 bridgehead atoms. The van der Waals surface area contributed by atoms with Crippen molar-refractivity contribution in [2.75, 3.05) is 18.6 Å². The minimum Gasteiger partial charge on any atom is -0.448 e. The molecule has 2 atom stereocenters. The average Bonchev–Trinajstić information content (AvgIpc) is 3.14. The Hall–Kier alpha value is -2.75. The third-order valence-electron chi connectivity index (χ3n) is 5.77. The van der Waals surface area contributed by atoms with Crippen LogP contribution in [0.1, 0.15) is 50.0 Å². The van der Waals surface area contributed by atoms with Gasteiger partial charge in [-0.1, -0.05) is 38.0 Å². The number of likely N-dealkylation sites (N-methyl/N-ethyl adjacent to an activating group) is 1. The molecule has 0 unspecified atom stereocenters. The fourth-order valence-corrected chi connectivity index (χ4v) is 5.64. The Kier molecular flexibility index (Phi) is 7.33. The minimum atomic E-state index is -3.15. The molecule has 1 aromatic carbocycles. The van der Waals surface area contributed by atoms with Gasteiger partial charge in [0, 0.05) is 25.0 Å². The van der Waals surface area contributed by atoms with E-state index >= 15 is 0 Å². The monoisotopic (exact) mass is 463 g/mol. The number of aryl methyl sites for hydroxylation is 1. The zero-order valence-corrected chi connectivity index (χ0v) is 19.4. The molecule has 0 spiro atoms. The predicted octanol–water partition coefficient (Wildman–Crippen LogP) is 1.78. The molecule has 0 saturated carbocycles. The van der Waals surface area contributed by atoms with Crippen LogP contribution in [0.3, 0.4) is 0 Å². The Labute approximate surface area is 187 Å². The van der Waals surface area contributed by atoms with Crippen molar-refractivity contribution in [3.8, 4) is 0 Å². The maximum atomic E-state index is 12.9. The summed E-state index contributed by atoms with van der Waals surface area (Å²) in [6.07, 6.45) is 1.89. The van der Waals surface area contributed by atoms with E-state index < -0.39 is 33.9 Å². The molecule has 1 saturated heterocycles. The number of carbonyl (C=O) groups is 2. The Morgan fingerprint density at radius 2 is 1.94 bits per heavy atom. The molecule has 9 nitrogen and oxygen atoms in total. The number of fused-ring (bicyclic) bond motifs is 1. The number of hydrogen-bond acceptors (Lipinski definition) is 7. The van der Waals surface area contributed by atoms with Crippen molar-refractivity contribution in [1.29, 1.82) is 0 Å². The first-order chi connectivity index (χ1) is 15.1. The number of sulfone groups is 1. The number of carbonyl (C=O) groups excluding carboxylic acids is 2. The standard InChI is InChI=1S/C22H29N3O6S/c1-4-5-8-12-25-21(27)18-10-7-6-9-17(18)19(23-25)22(28)31-15(2)20(26)24(3)16-11-13-32(29,30)14-16/h6-7,9-10,15-16H,4-5,8,11-14H2,1-3H3/t15-,16+/m0/s1. The molecule has 0 aliphatic carbocycles. The summed E-state index contributed by atoms with van der Waals surface area (Å²) in [5, 5.41) is 4.98. The molecule has 3 rings (SSSR count). The van der Waals surface area contributed by atoms with Gasteiger partial charge in [-0.3, -0.25) is 9.59 Å². The Bertz CT molecular complexity index is 1170. The van der Waals surface area contributed by atoms with Gasteiger partial charge in [-0.2, -0.15) is 5.10 Å². The fourth-order valence-electron chi connectivity index (χ4n) is 3.86. The summed E-state index contributed by atoms with van der Waals surface area (Å²) in [4.78, 5) is 39.8. The molecule has 0 radical (unpaired) electrons. The van der Waals surface area contributed by atoms with Crippen molar-refractivity contribution in [3.05, 3.63) is 40.3 Å². The first-order valence-corrected chi connectivity index (χ1v) is 12.6. The molecule has 10 heteroatoms. The molecule has 1 aliphatic rings. The van der Waals surface area contributed by atoms with Gasteiger partial charge < -0.3 is 9.64 Å². The van der Waals surface area contributed by atoms with Crippen LogP contribution >= 0.6 is 0 Å². The summed E-state index contributed by atoms with van der Waals surface area (Å²) in [5.74, 6) is -1.34. The van der Waals surface area contributed by atoms with E-state index in [1.165, 1.54) is 23.6 Å². The van der Waals surface area contributed by atoms with Crippen LogP contribution in [0.2, 0.25) is 0 Å². The van der Waals surface area contributed by atoms with Crippen LogP contribution in [-0.2, 0) is 25.9 Å². The van der Waals surface area contributed by atoms with Gasteiger partial charge in [0.05, 0.1) is 16.9 Å². The predicted molar refractivity (Wildman–Crippen MR) is 120 cm³/mol. The molecule has 32 heavy (non-hydrogen) atoms. The topological polar surface area (TPSA) is 116 Å². The Morgan fingerprint density at radius 1 is 1.25 bits per heavy atom. The molecule has 1 aromatic heterocycles. The van der Waals surface area contributed by atoms with E-state index in [0.717, 1.165) is 19.3 Å². The third-order valence-corrected chi connectivity index (χ3v) is 7.52. The van der Waals surface area contributed by atoms with Crippen molar-refractivity contribution in [2.45, 2.75) is 58.2 Å². The average molecular weight is 464 g/mol. The van der Waals surface area contributed by atoms with E-state index in [1.54, 1.807) is 24.3 Å². The van der Waals surface area contributed by atoms with Gasteiger partial charge in [-0.05, 0) is 25.8 Å². The van der Waals surface area contributed by atoms with Gasteiger partial charge >= 0.3 is 5.97 Å². The molecule has 1 aliphatic heterocycles.